The summed E-state index contributed by atoms with van der Waals surface area (Å²) in [4.78, 5) is 38.9. The van der Waals surface area contributed by atoms with E-state index in [0.29, 0.717) is 10.7 Å². The normalized spacial score (nSPS) is 20.2. The fourth-order valence-electron chi connectivity index (χ4n) is 3.40. The van der Waals surface area contributed by atoms with Crippen LogP contribution in [-0.2, 0) is 14.4 Å². The van der Waals surface area contributed by atoms with E-state index in [1.165, 1.54) is 35.2 Å². The van der Waals surface area contributed by atoms with Gasteiger partial charge in [0.15, 0.2) is 12.7 Å². The number of anilines is 1. The van der Waals surface area contributed by atoms with Crippen molar-refractivity contribution in [1.82, 2.24) is 10.6 Å². The first-order valence-corrected chi connectivity index (χ1v) is 11.2. The molecule has 1 aliphatic carbocycles. The van der Waals surface area contributed by atoms with E-state index in [0.717, 1.165) is 6.07 Å². The molecule has 35 heavy (non-hydrogen) atoms. The molecule has 0 bridgehead atoms. The molecule has 1 fully saturated rings. The van der Waals surface area contributed by atoms with Crippen molar-refractivity contribution in [2.24, 2.45) is 5.92 Å². The number of benzene rings is 2. The highest BCUT2D eigenvalue weighted by Crippen LogP contribution is 2.41. The summed E-state index contributed by atoms with van der Waals surface area (Å²) >= 11 is 11.6. The number of halogens is 4. The Labute approximate surface area is 208 Å². The molecule has 0 aromatic heterocycles. The molecule has 3 atom stereocenters. The lowest BCUT2D eigenvalue weighted by Crippen LogP contribution is -2.52. The fourth-order valence-corrected chi connectivity index (χ4v) is 3.68. The van der Waals surface area contributed by atoms with Crippen LogP contribution >= 0.6 is 23.2 Å². The topological polar surface area (TPSA) is 97.0 Å². The molecule has 0 spiro atoms. The number of nitrogens with one attached hydrogen (secondary N) is 2. The maximum atomic E-state index is 13.5. The van der Waals surface area contributed by atoms with Crippen LogP contribution in [0.1, 0.15) is 6.42 Å². The number of hydrogen-bond donors (Lipinski definition) is 2. The molecule has 2 aromatic carbocycles. The number of fused-ring (bicyclic) bond motifs is 1. The minimum absolute atomic E-state index is 0.0852. The molecule has 0 radical (unpaired) electrons. The van der Waals surface area contributed by atoms with E-state index in [9.17, 15) is 23.2 Å². The summed E-state index contributed by atoms with van der Waals surface area (Å²) < 4.78 is 37.9. The van der Waals surface area contributed by atoms with Crippen molar-refractivity contribution in [2.75, 3.05) is 18.1 Å². The lowest BCUT2D eigenvalue weighted by Gasteiger charge is -2.34. The van der Waals surface area contributed by atoms with Crippen LogP contribution in [0.15, 0.2) is 48.8 Å². The molecule has 0 saturated heterocycles. The van der Waals surface area contributed by atoms with E-state index in [2.05, 4.69) is 17.2 Å². The summed E-state index contributed by atoms with van der Waals surface area (Å²) in [5.41, 5.74) is 0.341. The molecule has 4 rings (SSSR count). The average molecular weight is 526 g/mol. The molecule has 3 amide bonds. The lowest BCUT2D eigenvalue weighted by molar-refractivity contribution is -0.128. The molecular weight excluding hydrogens is 507 g/mol. The Morgan fingerprint density at radius 3 is 2.60 bits per heavy atom. The zero-order valence-electron chi connectivity index (χ0n) is 18.0. The van der Waals surface area contributed by atoms with Crippen molar-refractivity contribution in [3.05, 3.63) is 64.7 Å². The van der Waals surface area contributed by atoms with Crippen molar-refractivity contribution < 1.29 is 32.6 Å². The summed E-state index contributed by atoms with van der Waals surface area (Å²) in [7, 11) is 0. The quantitative estimate of drug-likeness (QED) is 0.577. The second-order valence-corrected chi connectivity index (χ2v) is 8.75. The first-order chi connectivity index (χ1) is 16.6. The van der Waals surface area contributed by atoms with Gasteiger partial charge in [-0.1, -0.05) is 29.8 Å². The second-order valence-electron chi connectivity index (χ2n) is 7.91. The van der Waals surface area contributed by atoms with Crippen LogP contribution in [0.25, 0.3) is 0 Å². The van der Waals surface area contributed by atoms with Gasteiger partial charge >= 0.3 is 0 Å². The molecule has 2 aromatic rings. The molecule has 2 N–H and O–H groups in total. The Morgan fingerprint density at radius 2 is 1.91 bits per heavy atom. The van der Waals surface area contributed by atoms with Crippen LogP contribution in [0, 0.1) is 11.7 Å². The standard InChI is InChI=1S/C23H19Cl2F2N3O5/c1-11(28-21(31)10-34-13-3-4-15(25)17(27)7-13)29-22(32)20-9-30(23(33)14-8-16(14)26)18-6-12(24)2-5-19(18)35-20/h2-7,14,16,20H,1,8-10H2,(H,28,31)(H,29,32)/t14-,16+,20+/m0/s1. The van der Waals surface area contributed by atoms with Gasteiger partial charge in [0.05, 0.1) is 23.2 Å². The SMILES string of the molecule is C=C(NC(=O)COc1ccc(Cl)c(F)c1)NC(=O)[C@H]1CN(C(=O)[C@H]2C[C@H]2F)c2cc(Cl)ccc2O1. The van der Waals surface area contributed by atoms with E-state index in [4.69, 9.17) is 32.7 Å². The highest BCUT2D eigenvalue weighted by Gasteiger charge is 2.48. The molecule has 2 aliphatic rings. The van der Waals surface area contributed by atoms with Crippen LogP contribution in [-0.4, -0.2) is 43.1 Å². The minimum Gasteiger partial charge on any atom is -0.484 e. The van der Waals surface area contributed by atoms with Crippen LogP contribution in [0.3, 0.4) is 0 Å². The van der Waals surface area contributed by atoms with Gasteiger partial charge in [-0.05, 0) is 36.8 Å². The maximum absolute atomic E-state index is 13.5. The number of rotatable bonds is 7. The zero-order chi connectivity index (χ0) is 25.3. The summed E-state index contributed by atoms with van der Waals surface area (Å²) in [6, 6.07) is 8.24. The second kappa shape index (κ2) is 10.1. The van der Waals surface area contributed by atoms with Gasteiger partial charge < -0.3 is 25.0 Å². The first-order valence-electron chi connectivity index (χ1n) is 10.4. The Balaban J connectivity index is 1.34. The summed E-state index contributed by atoms with van der Waals surface area (Å²) in [5.74, 6) is -3.16. The highest BCUT2D eigenvalue weighted by molar-refractivity contribution is 6.31. The molecule has 1 aliphatic heterocycles. The smallest absolute Gasteiger partial charge is 0.268 e. The number of carbonyl (C=O) groups is 3. The predicted molar refractivity (Wildman–Crippen MR) is 124 cm³/mol. The fraction of sp³-hybridized carbons (Fsp3) is 0.261. The number of amides is 3. The maximum Gasteiger partial charge on any atom is 0.268 e. The van der Waals surface area contributed by atoms with Gasteiger partial charge in [0.2, 0.25) is 5.91 Å². The Morgan fingerprint density at radius 1 is 1.17 bits per heavy atom. The highest BCUT2D eigenvalue weighted by atomic mass is 35.5. The monoisotopic (exact) mass is 525 g/mol. The van der Waals surface area contributed by atoms with Crippen molar-refractivity contribution in [3.63, 3.8) is 0 Å². The number of hydrogen-bond acceptors (Lipinski definition) is 5. The van der Waals surface area contributed by atoms with Crippen molar-refractivity contribution in [2.45, 2.75) is 18.7 Å². The first kappa shape index (κ1) is 24.7. The van der Waals surface area contributed by atoms with E-state index >= 15 is 0 Å². The van der Waals surface area contributed by atoms with Gasteiger partial charge in [0, 0.05) is 11.1 Å². The minimum atomic E-state index is -1.22. The van der Waals surface area contributed by atoms with Crippen LogP contribution in [0.5, 0.6) is 11.5 Å². The summed E-state index contributed by atoms with van der Waals surface area (Å²) in [5, 5.41) is 4.98. The number of carbonyl (C=O) groups excluding carboxylic acids is 3. The molecule has 1 saturated carbocycles. The van der Waals surface area contributed by atoms with Crippen molar-refractivity contribution in [3.8, 4) is 11.5 Å². The van der Waals surface area contributed by atoms with Crippen LogP contribution in [0.2, 0.25) is 10.0 Å². The van der Waals surface area contributed by atoms with Gasteiger partial charge in [-0.15, -0.1) is 0 Å². The molecule has 8 nitrogen and oxygen atoms in total. The van der Waals surface area contributed by atoms with Crippen LogP contribution in [0.4, 0.5) is 14.5 Å². The third-order valence-electron chi connectivity index (χ3n) is 5.24. The molecule has 1 heterocycles. The number of ether oxygens (including phenoxy) is 2. The van der Waals surface area contributed by atoms with Gasteiger partial charge in [-0.2, -0.15) is 0 Å². The summed E-state index contributed by atoms with van der Waals surface area (Å²) in [6.45, 7) is 2.89. The average Bonchev–Trinajstić information content (AvgIpc) is 3.55. The predicted octanol–water partition coefficient (Wildman–Crippen LogP) is 3.37. The number of alkyl halides is 1. The van der Waals surface area contributed by atoms with Gasteiger partial charge in [-0.3, -0.25) is 14.4 Å². The number of nitrogens with zero attached hydrogens (tertiary/aromatic N) is 1. The molecule has 184 valence electrons. The van der Waals surface area contributed by atoms with Crippen LogP contribution < -0.4 is 25.0 Å². The van der Waals surface area contributed by atoms with Crippen molar-refractivity contribution in [1.29, 1.82) is 0 Å². The van der Waals surface area contributed by atoms with E-state index < -0.39 is 48.3 Å². The van der Waals surface area contributed by atoms with E-state index in [1.54, 1.807) is 0 Å². The third-order valence-corrected chi connectivity index (χ3v) is 5.78. The van der Waals surface area contributed by atoms with Gasteiger partial charge in [0.1, 0.15) is 29.3 Å². The van der Waals surface area contributed by atoms with Gasteiger partial charge in [-0.25, -0.2) is 8.78 Å². The molecule has 0 unspecified atom stereocenters. The van der Waals surface area contributed by atoms with E-state index in [1.807, 2.05) is 0 Å². The molecule has 12 heteroatoms. The van der Waals surface area contributed by atoms with Gasteiger partial charge in [0.25, 0.3) is 11.8 Å². The Bertz CT molecular complexity index is 1210. The Kier molecular flexibility index (Phi) is 7.13. The zero-order valence-corrected chi connectivity index (χ0v) is 19.5. The van der Waals surface area contributed by atoms with E-state index in [-0.39, 0.29) is 35.3 Å². The Hall–Kier alpha value is -3.37. The summed E-state index contributed by atoms with van der Waals surface area (Å²) in [6.07, 6.45) is -2.26. The third kappa shape index (κ3) is 5.83. The lowest BCUT2D eigenvalue weighted by atomic mass is 10.1. The largest absolute Gasteiger partial charge is 0.484 e. The van der Waals surface area contributed by atoms with Crippen molar-refractivity contribution >= 4 is 46.6 Å². The molecular formula is C23H19Cl2F2N3O5.